The highest BCUT2D eigenvalue weighted by molar-refractivity contribution is 8.17. The SMILES string of the molecule is C=C1C[C@@](C)(c2cc(C)ccn2)N=C(N(C(=O)OC(C)(C)C)C(=O)OC(C)(C)C)S1. The average Bonchev–Trinajstić information content (AvgIpc) is 2.50. The van der Waals surface area contributed by atoms with Crippen LogP contribution in [0.15, 0.2) is 34.8 Å². The fourth-order valence-electron chi connectivity index (χ4n) is 2.74. The standard InChI is InChI=1S/C22H31N3O4S/c1-14-10-11-23-16(12-14)22(9)13-15(2)30-17(24-22)25(18(26)28-20(3,4)5)19(27)29-21(6,7)8/h10-12H,2,13H2,1,3-9H3/t22-/m0/s1. The third-order valence-electron chi connectivity index (χ3n) is 3.93. The molecule has 0 aliphatic carbocycles. The van der Waals surface area contributed by atoms with Crippen molar-refractivity contribution in [3.63, 3.8) is 0 Å². The van der Waals surface area contributed by atoms with Crippen molar-refractivity contribution in [3.05, 3.63) is 41.1 Å². The number of thioether (sulfide) groups is 1. The van der Waals surface area contributed by atoms with Gasteiger partial charge >= 0.3 is 12.2 Å². The third-order valence-corrected chi connectivity index (χ3v) is 4.82. The van der Waals surface area contributed by atoms with Crippen LogP contribution in [0.4, 0.5) is 9.59 Å². The molecule has 0 saturated heterocycles. The summed E-state index contributed by atoms with van der Waals surface area (Å²) in [5.74, 6) is 0. The van der Waals surface area contributed by atoms with Gasteiger partial charge in [0.15, 0.2) is 5.17 Å². The topological polar surface area (TPSA) is 81.1 Å². The molecule has 0 bridgehead atoms. The second-order valence-corrected chi connectivity index (χ2v) is 10.6. The second kappa shape index (κ2) is 8.41. The Kier molecular flexibility index (Phi) is 6.71. The van der Waals surface area contributed by atoms with Crippen LogP contribution >= 0.6 is 11.8 Å². The number of hydrogen-bond donors (Lipinski definition) is 0. The van der Waals surface area contributed by atoms with E-state index in [0.29, 0.717) is 6.42 Å². The van der Waals surface area contributed by atoms with Crippen molar-refractivity contribution < 1.29 is 19.1 Å². The zero-order valence-corrected chi connectivity index (χ0v) is 19.8. The lowest BCUT2D eigenvalue weighted by molar-refractivity contribution is 0.0151. The van der Waals surface area contributed by atoms with Gasteiger partial charge in [-0.2, -0.15) is 4.90 Å². The average molecular weight is 434 g/mol. The molecule has 2 amide bonds. The summed E-state index contributed by atoms with van der Waals surface area (Å²) >= 11 is 1.16. The number of hydrogen-bond acceptors (Lipinski definition) is 7. The van der Waals surface area contributed by atoms with Gasteiger partial charge in [-0.1, -0.05) is 18.3 Å². The Balaban J connectivity index is 2.54. The number of imide groups is 1. The minimum Gasteiger partial charge on any atom is -0.443 e. The van der Waals surface area contributed by atoms with Gasteiger partial charge in [0, 0.05) is 12.6 Å². The molecule has 30 heavy (non-hydrogen) atoms. The molecule has 8 heteroatoms. The van der Waals surface area contributed by atoms with Gasteiger partial charge in [0.2, 0.25) is 0 Å². The fourth-order valence-corrected chi connectivity index (χ4v) is 3.84. The van der Waals surface area contributed by atoms with Gasteiger partial charge in [0.1, 0.15) is 16.7 Å². The van der Waals surface area contributed by atoms with E-state index in [4.69, 9.17) is 14.5 Å². The zero-order valence-electron chi connectivity index (χ0n) is 19.0. The van der Waals surface area contributed by atoms with E-state index in [1.807, 2.05) is 26.0 Å². The number of amides is 2. The first-order valence-electron chi connectivity index (χ1n) is 9.74. The third kappa shape index (κ3) is 6.32. The molecule has 1 atom stereocenters. The van der Waals surface area contributed by atoms with Gasteiger partial charge < -0.3 is 9.47 Å². The minimum absolute atomic E-state index is 0.153. The van der Waals surface area contributed by atoms with Crippen LogP contribution in [0.25, 0.3) is 0 Å². The molecule has 0 saturated carbocycles. The lowest BCUT2D eigenvalue weighted by atomic mass is 9.92. The summed E-state index contributed by atoms with van der Waals surface area (Å²) in [6.45, 7) is 18.3. The summed E-state index contributed by atoms with van der Waals surface area (Å²) in [6.07, 6.45) is 0.540. The second-order valence-electron chi connectivity index (χ2n) is 9.50. The smallest absolute Gasteiger partial charge is 0.426 e. The number of amidine groups is 1. The van der Waals surface area contributed by atoms with Crippen LogP contribution in [-0.4, -0.2) is 38.4 Å². The van der Waals surface area contributed by atoms with Crippen LogP contribution < -0.4 is 0 Å². The molecule has 0 unspecified atom stereocenters. The molecular weight excluding hydrogens is 402 g/mol. The monoisotopic (exact) mass is 433 g/mol. The molecule has 1 aliphatic rings. The number of ether oxygens (including phenoxy) is 2. The van der Waals surface area contributed by atoms with Crippen LogP contribution in [0, 0.1) is 6.92 Å². The first kappa shape index (κ1) is 23.9. The first-order chi connectivity index (χ1) is 13.6. The number of nitrogens with zero attached hydrogens (tertiary/aromatic N) is 3. The Labute approximate surface area is 182 Å². The predicted octanol–water partition coefficient (Wildman–Crippen LogP) is 5.78. The number of pyridine rings is 1. The summed E-state index contributed by atoms with van der Waals surface area (Å²) in [6, 6.07) is 3.84. The largest absolute Gasteiger partial charge is 0.443 e. The normalized spacial score (nSPS) is 19.7. The van der Waals surface area contributed by atoms with E-state index in [1.165, 1.54) is 0 Å². The molecule has 7 nitrogen and oxygen atoms in total. The van der Waals surface area contributed by atoms with E-state index in [-0.39, 0.29) is 5.17 Å². The van der Waals surface area contributed by atoms with Crippen molar-refractivity contribution in [1.29, 1.82) is 0 Å². The lowest BCUT2D eigenvalue weighted by Crippen LogP contribution is -2.47. The molecule has 1 aliphatic heterocycles. The Morgan fingerprint density at radius 2 is 1.67 bits per heavy atom. The zero-order chi connectivity index (χ0) is 22.9. The van der Waals surface area contributed by atoms with Crippen molar-refractivity contribution in [1.82, 2.24) is 9.88 Å². The number of rotatable bonds is 1. The molecule has 1 aromatic rings. The van der Waals surface area contributed by atoms with Crippen molar-refractivity contribution in [2.75, 3.05) is 0 Å². The van der Waals surface area contributed by atoms with E-state index in [0.717, 1.165) is 32.8 Å². The van der Waals surface area contributed by atoms with Gasteiger partial charge in [0.25, 0.3) is 0 Å². The van der Waals surface area contributed by atoms with Crippen molar-refractivity contribution >= 4 is 29.1 Å². The number of carbonyl (C=O) groups excluding carboxylic acids is 2. The van der Waals surface area contributed by atoms with E-state index in [2.05, 4.69) is 11.6 Å². The first-order valence-corrected chi connectivity index (χ1v) is 10.6. The van der Waals surface area contributed by atoms with Crippen LogP contribution in [-0.2, 0) is 15.0 Å². The summed E-state index contributed by atoms with van der Waals surface area (Å²) < 4.78 is 10.9. The summed E-state index contributed by atoms with van der Waals surface area (Å²) in [5, 5.41) is 0.153. The van der Waals surface area contributed by atoms with Gasteiger partial charge in [-0.05, 0) is 78.0 Å². The molecule has 2 rings (SSSR count). The summed E-state index contributed by atoms with van der Waals surface area (Å²) in [4.78, 5) is 36.7. The van der Waals surface area contributed by atoms with Gasteiger partial charge in [-0.15, -0.1) is 0 Å². The van der Waals surface area contributed by atoms with Crippen molar-refractivity contribution in [2.45, 2.75) is 78.6 Å². The van der Waals surface area contributed by atoms with Crippen molar-refractivity contribution in [3.8, 4) is 0 Å². The Bertz CT molecular complexity index is 855. The summed E-state index contributed by atoms with van der Waals surface area (Å²) in [7, 11) is 0. The maximum absolute atomic E-state index is 13.0. The molecule has 2 heterocycles. The number of aromatic nitrogens is 1. The minimum atomic E-state index is -0.850. The molecule has 0 N–H and O–H groups in total. The van der Waals surface area contributed by atoms with Crippen LogP contribution in [0.3, 0.4) is 0 Å². The molecule has 0 spiro atoms. The number of aliphatic imine (C=N–C) groups is 1. The van der Waals surface area contributed by atoms with E-state index < -0.39 is 28.9 Å². The maximum atomic E-state index is 13.0. The molecular formula is C22H31N3O4S. The van der Waals surface area contributed by atoms with Crippen LogP contribution in [0.5, 0.6) is 0 Å². The van der Waals surface area contributed by atoms with Gasteiger partial charge in [0.05, 0.1) is 5.69 Å². The highest BCUT2D eigenvalue weighted by Gasteiger charge is 2.41. The quantitative estimate of drug-likeness (QED) is 0.558. The highest BCUT2D eigenvalue weighted by atomic mass is 32.2. The van der Waals surface area contributed by atoms with Crippen LogP contribution in [0.2, 0.25) is 0 Å². The van der Waals surface area contributed by atoms with Crippen LogP contribution in [0.1, 0.15) is 66.1 Å². The lowest BCUT2D eigenvalue weighted by Gasteiger charge is -2.35. The summed E-state index contributed by atoms with van der Waals surface area (Å²) in [5.41, 5.74) is -0.607. The number of aryl methyl sites for hydroxylation is 1. The highest BCUT2D eigenvalue weighted by Crippen LogP contribution is 2.41. The molecule has 1 aromatic heterocycles. The predicted molar refractivity (Wildman–Crippen MR) is 119 cm³/mol. The van der Waals surface area contributed by atoms with E-state index in [1.54, 1.807) is 47.7 Å². The molecule has 164 valence electrons. The molecule has 0 aromatic carbocycles. The number of carbonyl (C=O) groups is 2. The molecule has 0 fully saturated rings. The Hall–Kier alpha value is -2.35. The van der Waals surface area contributed by atoms with Gasteiger partial charge in [-0.3, -0.25) is 4.98 Å². The Morgan fingerprint density at radius 1 is 1.13 bits per heavy atom. The maximum Gasteiger partial charge on any atom is 0.426 e. The fraction of sp³-hybridized carbons (Fsp3) is 0.545. The molecule has 0 radical (unpaired) electrons. The van der Waals surface area contributed by atoms with E-state index >= 15 is 0 Å². The van der Waals surface area contributed by atoms with Gasteiger partial charge in [-0.25, -0.2) is 14.6 Å². The van der Waals surface area contributed by atoms with E-state index in [9.17, 15) is 9.59 Å². The Morgan fingerprint density at radius 3 is 2.13 bits per heavy atom. The van der Waals surface area contributed by atoms with Crippen molar-refractivity contribution in [2.24, 2.45) is 4.99 Å².